The van der Waals surface area contributed by atoms with Gasteiger partial charge in [-0.2, -0.15) is 0 Å². The van der Waals surface area contributed by atoms with Gasteiger partial charge < -0.3 is 10.2 Å². The molecule has 0 heterocycles. The highest BCUT2D eigenvalue weighted by Crippen LogP contribution is 1.91. The second-order valence-electron chi connectivity index (χ2n) is 1.78. The fraction of sp³-hybridized carbons (Fsp3) is 1.00. The molecule has 0 aromatic rings. The van der Waals surface area contributed by atoms with Crippen LogP contribution >= 0.6 is 0 Å². The third-order valence-electron chi connectivity index (χ3n) is 1.05. The van der Waals surface area contributed by atoms with Crippen LogP contribution in [0.1, 0.15) is 13.3 Å². The Morgan fingerprint density at radius 2 is 2.25 bits per heavy atom. The molecule has 0 amide bonds. The van der Waals surface area contributed by atoms with Gasteiger partial charge in [0.1, 0.15) is 0 Å². The van der Waals surface area contributed by atoms with Crippen molar-refractivity contribution in [1.82, 2.24) is 0 Å². The molecule has 0 aliphatic heterocycles. The lowest BCUT2D eigenvalue weighted by Crippen LogP contribution is -2.03. The number of rotatable bonds is 4. The van der Waals surface area contributed by atoms with Crippen LogP contribution in [0.3, 0.4) is 0 Å². The van der Waals surface area contributed by atoms with Crippen molar-refractivity contribution in [2.75, 3.05) is 6.54 Å². The summed E-state index contributed by atoms with van der Waals surface area (Å²) in [5, 5.41) is 0. The Kier molecular flexibility index (Phi) is 5.11. The Bertz CT molecular complexity index is 74.8. The van der Waals surface area contributed by atoms with E-state index < -0.39 is 8.68 Å². The molecule has 0 saturated heterocycles. The van der Waals surface area contributed by atoms with E-state index in [4.69, 9.17) is 5.73 Å². The first-order chi connectivity index (χ1) is 3.81. The van der Waals surface area contributed by atoms with Gasteiger partial charge in [0.25, 0.3) is 8.68 Å². The zero-order valence-corrected chi connectivity index (χ0v) is 6.31. The maximum Gasteiger partial charge on any atom is 0.276 e. The lowest BCUT2D eigenvalue weighted by atomic mass is 10.5. The Hall–Kier alpha value is -0.0231. The summed E-state index contributed by atoms with van der Waals surface area (Å²) in [5.74, 6) is 0. The lowest BCUT2D eigenvalue weighted by molar-refractivity contribution is 0.557. The highest BCUT2D eigenvalue weighted by molar-refractivity contribution is 6.42. The molecule has 0 radical (unpaired) electrons. The molecule has 48 valence electrons. The summed E-state index contributed by atoms with van der Waals surface area (Å²) < 4.78 is 10.7. The van der Waals surface area contributed by atoms with Crippen LogP contribution in [0.25, 0.3) is 0 Å². The van der Waals surface area contributed by atoms with Gasteiger partial charge in [-0.05, 0) is 25.1 Å². The monoisotopic (exact) mass is 131 g/mol. The SMILES string of the molecule is CC[Si](=O)CCCN. The fourth-order valence-corrected chi connectivity index (χ4v) is 1.43. The van der Waals surface area contributed by atoms with Crippen LogP contribution in [-0.2, 0) is 4.46 Å². The molecule has 0 unspecified atom stereocenters. The Labute approximate surface area is 51.7 Å². The summed E-state index contributed by atoms with van der Waals surface area (Å²) in [6.45, 7) is 2.63. The van der Waals surface area contributed by atoms with Crippen LogP contribution < -0.4 is 5.73 Å². The first-order valence-corrected chi connectivity index (χ1v) is 4.85. The minimum absolute atomic E-state index is 0.677. The van der Waals surface area contributed by atoms with Gasteiger partial charge in [-0.3, -0.25) is 0 Å². The van der Waals surface area contributed by atoms with Crippen LogP contribution in [0.2, 0.25) is 12.1 Å². The number of hydrogen-bond acceptors (Lipinski definition) is 2. The van der Waals surface area contributed by atoms with Crippen molar-refractivity contribution in [3.05, 3.63) is 0 Å². The first kappa shape index (κ1) is 7.98. The van der Waals surface area contributed by atoms with Crippen molar-refractivity contribution in [2.45, 2.75) is 25.4 Å². The molecule has 3 heteroatoms. The average molecular weight is 131 g/mol. The number of hydrogen-bond donors (Lipinski definition) is 1. The second kappa shape index (κ2) is 5.12. The maximum absolute atomic E-state index is 10.7. The molecule has 2 nitrogen and oxygen atoms in total. The van der Waals surface area contributed by atoms with Gasteiger partial charge in [0.05, 0.1) is 0 Å². The van der Waals surface area contributed by atoms with Gasteiger partial charge in [-0.1, -0.05) is 6.92 Å². The Morgan fingerprint density at radius 3 is 2.62 bits per heavy atom. The van der Waals surface area contributed by atoms with Crippen molar-refractivity contribution < 1.29 is 4.46 Å². The second-order valence-corrected chi connectivity index (χ2v) is 4.07. The smallest absolute Gasteiger partial charge is 0.276 e. The van der Waals surface area contributed by atoms with Crippen molar-refractivity contribution in [1.29, 1.82) is 0 Å². The van der Waals surface area contributed by atoms with E-state index in [0.717, 1.165) is 18.5 Å². The van der Waals surface area contributed by atoms with Crippen molar-refractivity contribution >= 4 is 8.68 Å². The zero-order valence-electron chi connectivity index (χ0n) is 5.31. The molecule has 0 aliphatic carbocycles. The molecule has 8 heavy (non-hydrogen) atoms. The van der Waals surface area contributed by atoms with Crippen LogP contribution in [0, 0.1) is 0 Å². The van der Waals surface area contributed by atoms with Crippen molar-refractivity contribution in [2.24, 2.45) is 5.73 Å². The summed E-state index contributed by atoms with van der Waals surface area (Å²) in [4.78, 5) is 0. The van der Waals surface area contributed by atoms with Gasteiger partial charge in [-0.15, -0.1) is 0 Å². The highest BCUT2D eigenvalue weighted by Gasteiger charge is 1.97. The van der Waals surface area contributed by atoms with Crippen LogP contribution in [-0.4, -0.2) is 15.2 Å². The maximum atomic E-state index is 10.7. The molecule has 0 bridgehead atoms. The minimum Gasteiger partial charge on any atom is -0.388 e. The lowest BCUT2D eigenvalue weighted by Gasteiger charge is -1.89. The van der Waals surface area contributed by atoms with E-state index in [-0.39, 0.29) is 0 Å². The third kappa shape index (κ3) is 4.14. The van der Waals surface area contributed by atoms with Crippen LogP contribution in [0.4, 0.5) is 0 Å². The van der Waals surface area contributed by atoms with Crippen molar-refractivity contribution in [3.63, 3.8) is 0 Å². The normalized spacial score (nSPS) is 9.25. The topological polar surface area (TPSA) is 43.1 Å². The molecule has 0 atom stereocenters. The molecular weight excluding hydrogens is 118 g/mol. The summed E-state index contributed by atoms with van der Waals surface area (Å²) in [6.07, 6.45) is 0.922. The predicted molar refractivity (Wildman–Crippen MR) is 35.4 cm³/mol. The molecule has 0 rings (SSSR count). The molecule has 0 aliphatic rings. The van der Waals surface area contributed by atoms with E-state index >= 15 is 0 Å². The number of nitrogens with two attached hydrogens (primary N) is 1. The zero-order chi connectivity index (χ0) is 6.41. The molecular formula is C5H13NOSi. The van der Waals surface area contributed by atoms with Gasteiger partial charge in [0, 0.05) is 0 Å². The summed E-state index contributed by atoms with van der Waals surface area (Å²) >= 11 is 0. The van der Waals surface area contributed by atoms with Gasteiger partial charge in [0.2, 0.25) is 0 Å². The van der Waals surface area contributed by atoms with Crippen LogP contribution in [0.15, 0.2) is 0 Å². The van der Waals surface area contributed by atoms with Gasteiger partial charge in [0.15, 0.2) is 0 Å². The van der Waals surface area contributed by atoms with E-state index in [1.165, 1.54) is 0 Å². The molecule has 0 aromatic carbocycles. The van der Waals surface area contributed by atoms with Crippen molar-refractivity contribution in [3.8, 4) is 0 Å². The molecule has 0 spiro atoms. The van der Waals surface area contributed by atoms with E-state index in [9.17, 15) is 4.46 Å². The fourth-order valence-electron chi connectivity index (χ4n) is 0.476. The molecule has 0 aromatic heterocycles. The van der Waals surface area contributed by atoms with E-state index in [1.54, 1.807) is 0 Å². The summed E-state index contributed by atoms with van der Waals surface area (Å²) in [5.41, 5.74) is 5.21. The predicted octanol–water partition coefficient (Wildman–Crippen LogP) is 0.777. The first-order valence-electron chi connectivity index (χ1n) is 3.03. The average Bonchev–Trinajstić information content (AvgIpc) is 1.83. The molecule has 0 saturated carbocycles. The van der Waals surface area contributed by atoms with E-state index in [2.05, 4.69) is 0 Å². The Balaban J connectivity index is 2.99. The van der Waals surface area contributed by atoms with Crippen LogP contribution in [0.5, 0.6) is 0 Å². The highest BCUT2D eigenvalue weighted by atomic mass is 28.3. The molecule has 2 N–H and O–H groups in total. The molecule has 0 fully saturated rings. The van der Waals surface area contributed by atoms with E-state index in [1.807, 2.05) is 6.92 Å². The summed E-state index contributed by atoms with van der Waals surface area (Å²) in [7, 11) is -1.22. The third-order valence-corrected chi connectivity index (χ3v) is 2.75. The minimum atomic E-state index is -1.22. The summed E-state index contributed by atoms with van der Waals surface area (Å²) in [6, 6.07) is 1.68. The van der Waals surface area contributed by atoms with Gasteiger partial charge >= 0.3 is 0 Å². The quantitative estimate of drug-likeness (QED) is 0.573. The standard InChI is InChI=1S/C5H13NOSi/c1-2-8(7)5-3-4-6/h2-6H2,1H3. The Morgan fingerprint density at radius 1 is 1.62 bits per heavy atom. The largest absolute Gasteiger partial charge is 0.388 e. The van der Waals surface area contributed by atoms with Gasteiger partial charge in [-0.25, -0.2) is 0 Å². The van der Waals surface area contributed by atoms with E-state index in [0.29, 0.717) is 6.54 Å².